The highest BCUT2D eigenvalue weighted by molar-refractivity contribution is 5.78. The Morgan fingerprint density at radius 2 is 2.00 bits per heavy atom. The first kappa shape index (κ1) is 9.78. The van der Waals surface area contributed by atoms with Crippen molar-refractivity contribution in [2.24, 2.45) is 0 Å². The van der Waals surface area contributed by atoms with Crippen LogP contribution in [0.25, 0.3) is 0 Å². The molecule has 1 aromatic carbocycles. The van der Waals surface area contributed by atoms with Crippen LogP contribution in [0, 0.1) is 0 Å². The van der Waals surface area contributed by atoms with E-state index in [4.69, 9.17) is 4.74 Å². The lowest BCUT2D eigenvalue weighted by Gasteiger charge is -2.03. The minimum absolute atomic E-state index is 0.246. The molecule has 0 N–H and O–H groups in total. The summed E-state index contributed by atoms with van der Waals surface area (Å²) in [5.41, 5.74) is 0. The smallest absolute Gasteiger partial charge is 0.136 e. The van der Waals surface area contributed by atoms with Gasteiger partial charge in [0.15, 0.2) is 0 Å². The molecular formula is C11H14O2. The second kappa shape index (κ2) is 5.36. The van der Waals surface area contributed by atoms with E-state index in [2.05, 4.69) is 0 Å². The lowest BCUT2D eigenvalue weighted by Crippen LogP contribution is -2.04. The summed E-state index contributed by atoms with van der Waals surface area (Å²) in [5.74, 6) is 1.07. The number of carbonyl (C=O) groups is 1. The molecular weight excluding hydrogens is 164 g/mol. The summed E-state index contributed by atoms with van der Waals surface area (Å²) in [4.78, 5) is 10.9. The molecule has 2 heteroatoms. The molecule has 0 fully saturated rings. The lowest BCUT2D eigenvalue weighted by molar-refractivity contribution is -0.119. The molecule has 1 rings (SSSR count). The molecule has 0 unspecified atom stereocenters. The Kier molecular flexibility index (Phi) is 4.03. The van der Waals surface area contributed by atoms with Gasteiger partial charge in [-0.25, -0.2) is 0 Å². The van der Waals surface area contributed by atoms with E-state index in [1.807, 2.05) is 37.3 Å². The lowest BCUT2D eigenvalue weighted by atomic mass is 10.2. The Labute approximate surface area is 78.5 Å². The van der Waals surface area contributed by atoms with Crippen LogP contribution in [0.15, 0.2) is 30.3 Å². The van der Waals surface area contributed by atoms with Crippen LogP contribution in [0.3, 0.4) is 0 Å². The minimum Gasteiger partial charge on any atom is -0.493 e. The summed E-state index contributed by atoms with van der Waals surface area (Å²) in [7, 11) is 0. The Hall–Kier alpha value is -1.31. The van der Waals surface area contributed by atoms with Crippen LogP contribution in [-0.4, -0.2) is 12.4 Å². The SMILES string of the molecule is CCC(=O)CCOc1ccccc1. The zero-order chi connectivity index (χ0) is 9.52. The first-order valence-corrected chi connectivity index (χ1v) is 4.52. The predicted octanol–water partition coefficient (Wildman–Crippen LogP) is 2.43. The van der Waals surface area contributed by atoms with Gasteiger partial charge in [-0.15, -0.1) is 0 Å². The van der Waals surface area contributed by atoms with Crippen LogP contribution in [0.5, 0.6) is 5.75 Å². The Bertz CT molecular complexity index is 254. The predicted molar refractivity (Wildman–Crippen MR) is 51.9 cm³/mol. The van der Waals surface area contributed by atoms with Crippen molar-refractivity contribution in [3.8, 4) is 5.75 Å². The Balaban J connectivity index is 2.24. The van der Waals surface area contributed by atoms with Crippen LogP contribution < -0.4 is 4.74 Å². The van der Waals surface area contributed by atoms with E-state index in [-0.39, 0.29) is 5.78 Å². The molecule has 0 aliphatic rings. The van der Waals surface area contributed by atoms with Gasteiger partial charge >= 0.3 is 0 Å². The summed E-state index contributed by atoms with van der Waals surface area (Å²) < 4.78 is 5.36. The van der Waals surface area contributed by atoms with Gasteiger partial charge < -0.3 is 4.74 Å². The van der Waals surface area contributed by atoms with Crippen molar-refractivity contribution in [1.29, 1.82) is 0 Å². The number of para-hydroxylation sites is 1. The molecule has 1 aromatic rings. The van der Waals surface area contributed by atoms with E-state index in [1.54, 1.807) is 0 Å². The third kappa shape index (κ3) is 3.74. The van der Waals surface area contributed by atoms with Crippen LogP contribution in [-0.2, 0) is 4.79 Å². The van der Waals surface area contributed by atoms with Gasteiger partial charge in [0.1, 0.15) is 11.5 Å². The number of carbonyl (C=O) groups excluding carboxylic acids is 1. The fraction of sp³-hybridized carbons (Fsp3) is 0.364. The molecule has 0 saturated carbocycles. The third-order valence-electron chi connectivity index (χ3n) is 1.79. The van der Waals surface area contributed by atoms with E-state index < -0.39 is 0 Å². The van der Waals surface area contributed by atoms with Crippen LogP contribution in [0.2, 0.25) is 0 Å². The number of Topliss-reactive ketones (excluding diaryl/α,β-unsaturated/α-hetero) is 1. The fourth-order valence-electron chi connectivity index (χ4n) is 0.976. The molecule has 0 aliphatic heterocycles. The topological polar surface area (TPSA) is 26.3 Å². The first-order valence-electron chi connectivity index (χ1n) is 4.52. The van der Waals surface area contributed by atoms with E-state index >= 15 is 0 Å². The quantitative estimate of drug-likeness (QED) is 0.692. The zero-order valence-corrected chi connectivity index (χ0v) is 7.82. The number of ether oxygens (including phenoxy) is 1. The average molecular weight is 178 g/mol. The highest BCUT2D eigenvalue weighted by atomic mass is 16.5. The summed E-state index contributed by atoms with van der Waals surface area (Å²) in [5, 5.41) is 0. The molecule has 2 nitrogen and oxygen atoms in total. The van der Waals surface area contributed by atoms with Gasteiger partial charge in [0.05, 0.1) is 6.61 Å². The van der Waals surface area contributed by atoms with Crippen molar-refractivity contribution >= 4 is 5.78 Å². The summed E-state index contributed by atoms with van der Waals surface area (Å²) >= 11 is 0. The van der Waals surface area contributed by atoms with Gasteiger partial charge in [0.2, 0.25) is 0 Å². The van der Waals surface area contributed by atoms with E-state index in [9.17, 15) is 4.79 Å². The van der Waals surface area contributed by atoms with Crippen molar-refractivity contribution in [2.75, 3.05) is 6.61 Å². The number of rotatable bonds is 5. The fourth-order valence-corrected chi connectivity index (χ4v) is 0.976. The number of hydrogen-bond donors (Lipinski definition) is 0. The Morgan fingerprint density at radius 1 is 1.31 bits per heavy atom. The molecule has 0 radical (unpaired) electrons. The summed E-state index contributed by atoms with van der Waals surface area (Å²) in [6.45, 7) is 2.35. The van der Waals surface area contributed by atoms with E-state index in [1.165, 1.54) is 0 Å². The van der Waals surface area contributed by atoms with Gasteiger partial charge in [0, 0.05) is 12.8 Å². The summed E-state index contributed by atoms with van der Waals surface area (Å²) in [6, 6.07) is 9.53. The average Bonchev–Trinajstić information content (AvgIpc) is 2.19. The second-order valence-electron chi connectivity index (χ2n) is 2.80. The molecule has 0 bridgehead atoms. The Morgan fingerprint density at radius 3 is 2.62 bits per heavy atom. The molecule has 0 spiro atoms. The highest BCUT2D eigenvalue weighted by Gasteiger charge is 1.97. The number of benzene rings is 1. The monoisotopic (exact) mass is 178 g/mol. The van der Waals surface area contributed by atoms with E-state index in [0.717, 1.165) is 5.75 Å². The first-order chi connectivity index (χ1) is 6.33. The molecule has 0 heterocycles. The largest absolute Gasteiger partial charge is 0.493 e. The zero-order valence-electron chi connectivity index (χ0n) is 7.82. The molecule has 0 amide bonds. The summed E-state index contributed by atoms with van der Waals surface area (Å²) in [6.07, 6.45) is 1.10. The normalized spacial score (nSPS) is 9.62. The molecule has 0 aliphatic carbocycles. The van der Waals surface area contributed by atoms with Crippen molar-refractivity contribution in [3.05, 3.63) is 30.3 Å². The van der Waals surface area contributed by atoms with Crippen LogP contribution in [0.4, 0.5) is 0 Å². The van der Waals surface area contributed by atoms with Crippen LogP contribution >= 0.6 is 0 Å². The van der Waals surface area contributed by atoms with Gasteiger partial charge in [0.25, 0.3) is 0 Å². The molecule has 0 saturated heterocycles. The number of hydrogen-bond acceptors (Lipinski definition) is 2. The van der Waals surface area contributed by atoms with Gasteiger partial charge in [-0.05, 0) is 12.1 Å². The molecule has 13 heavy (non-hydrogen) atoms. The van der Waals surface area contributed by atoms with Gasteiger partial charge in [-0.2, -0.15) is 0 Å². The van der Waals surface area contributed by atoms with Crippen molar-refractivity contribution in [2.45, 2.75) is 19.8 Å². The van der Waals surface area contributed by atoms with Gasteiger partial charge in [-0.1, -0.05) is 25.1 Å². The molecule has 70 valence electrons. The van der Waals surface area contributed by atoms with E-state index in [0.29, 0.717) is 19.4 Å². The second-order valence-corrected chi connectivity index (χ2v) is 2.80. The van der Waals surface area contributed by atoms with Crippen molar-refractivity contribution in [3.63, 3.8) is 0 Å². The third-order valence-corrected chi connectivity index (χ3v) is 1.79. The molecule has 0 aromatic heterocycles. The highest BCUT2D eigenvalue weighted by Crippen LogP contribution is 2.08. The number of ketones is 1. The minimum atomic E-state index is 0.246. The van der Waals surface area contributed by atoms with Crippen LogP contribution in [0.1, 0.15) is 19.8 Å². The molecule has 0 atom stereocenters. The maximum absolute atomic E-state index is 10.9. The standard InChI is InChI=1S/C11H14O2/c1-2-10(12)8-9-13-11-6-4-3-5-7-11/h3-7H,2,8-9H2,1H3. The maximum Gasteiger partial charge on any atom is 0.136 e. The van der Waals surface area contributed by atoms with Crippen molar-refractivity contribution in [1.82, 2.24) is 0 Å². The maximum atomic E-state index is 10.9. The van der Waals surface area contributed by atoms with Crippen molar-refractivity contribution < 1.29 is 9.53 Å². The van der Waals surface area contributed by atoms with Gasteiger partial charge in [-0.3, -0.25) is 4.79 Å².